The topological polar surface area (TPSA) is 108 Å². The zero-order chi connectivity index (χ0) is 17.5. The summed E-state index contributed by atoms with van der Waals surface area (Å²) in [5, 5.41) is 3.84. The first kappa shape index (κ1) is 17.1. The van der Waals surface area contributed by atoms with Gasteiger partial charge < -0.3 is 19.9 Å². The number of amides is 1. The highest BCUT2D eigenvalue weighted by molar-refractivity contribution is 5.99. The molecule has 1 aromatic heterocycles. The van der Waals surface area contributed by atoms with Crippen molar-refractivity contribution in [1.82, 2.24) is 10.4 Å². The molecule has 8 nitrogen and oxygen atoms in total. The highest BCUT2D eigenvalue weighted by Crippen LogP contribution is 2.38. The number of benzene rings is 1. The van der Waals surface area contributed by atoms with E-state index >= 15 is 0 Å². The molecule has 1 amide bonds. The monoisotopic (exact) mass is 330 g/mol. The van der Waals surface area contributed by atoms with E-state index in [1.807, 2.05) is 0 Å². The quantitative estimate of drug-likeness (QED) is 0.467. The number of nitrogens with zero attached hydrogens (tertiary/aromatic N) is 2. The van der Waals surface area contributed by atoms with E-state index in [9.17, 15) is 4.79 Å². The maximum atomic E-state index is 12.3. The average molecular weight is 330 g/mol. The molecule has 0 saturated heterocycles. The molecule has 2 rings (SSSR count). The molecular weight excluding hydrogens is 312 g/mol. The van der Waals surface area contributed by atoms with Crippen LogP contribution in [-0.2, 0) is 0 Å². The number of nitrogens with one attached hydrogen (secondary N) is 1. The minimum atomic E-state index is -0.479. The van der Waals surface area contributed by atoms with Gasteiger partial charge in [0.05, 0.1) is 21.3 Å². The van der Waals surface area contributed by atoms with Crippen molar-refractivity contribution in [1.29, 1.82) is 0 Å². The van der Waals surface area contributed by atoms with Gasteiger partial charge in [0.25, 0.3) is 5.91 Å². The van der Waals surface area contributed by atoms with Crippen molar-refractivity contribution in [2.24, 2.45) is 10.8 Å². The predicted octanol–water partition coefficient (Wildman–Crippen LogP) is 1.16. The first-order chi connectivity index (χ1) is 11.6. The number of hydrogen-bond donors (Lipinski definition) is 2. The summed E-state index contributed by atoms with van der Waals surface area (Å²) >= 11 is 0. The van der Waals surface area contributed by atoms with Gasteiger partial charge in [-0.3, -0.25) is 9.78 Å². The van der Waals surface area contributed by atoms with E-state index in [0.29, 0.717) is 22.9 Å². The molecule has 0 aliphatic heterocycles. The molecule has 1 aromatic carbocycles. The van der Waals surface area contributed by atoms with Crippen LogP contribution in [0.3, 0.4) is 0 Å². The van der Waals surface area contributed by atoms with Crippen molar-refractivity contribution in [3.8, 4) is 17.2 Å². The Morgan fingerprint density at radius 2 is 1.79 bits per heavy atom. The smallest absolute Gasteiger partial charge is 0.271 e. The Morgan fingerprint density at radius 1 is 1.12 bits per heavy atom. The molecular formula is C16H18N4O4. The second-order valence-electron chi connectivity index (χ2n) is 4.57. The third kappa shape index (κ3) is 3.72. The number of carbonyl (C=O) groups excluding carboxylic acids is 1. The van der Waals surface area contributed by atoms with Gasteiger partial charge in [-0.05, 0) is 24.3 Å². The summed E-state index contributed by atoms with van der Waals surface area (Å²) in [6, 6.07) is 8.24. The number of rotatable bonds is 6. The van der Waals surface area contributed by atoms with E-state index < -0.39 is 5.91 Å². The molecule has 0 atom stereocenters. The normalized spacial score (nSPS) is 10.9. The van der Waals surface area contributed by atoms with E-state index in [1.54, 1.807) is 24.4 Å². The highest BCUT2D eigenvalue weighted by atomic mass is 16.5. The van der Waals surface area contributed by atoms with Crippen molar-refractivity contribution in [2.75, 3.05) is 21.3 Å². The van der Waals surface area contributed by atoms with E-state index in [-0.39, 0.29) is 11.4 Å². The summed E-state index contributed by atoms with van der Waals surface area (Å²) in [5.41, 5.74) is 8.89. The minimum absolute atomic E-state index is 0.0939. The maximum absolute atomic E-state index is 12.3. The molecule has 0 saturated carbocycles. The molecule has 126 valence electrons. The largest absolute Gasteiger partial charge is 0.493 e. The summed E-state index contributed by atoms with van der Waals surface area (Å²) in [7, 11) is 4.42. The van der Waals surface area contributed by atoms with Crippen LogP contribution < -0.4 is 25.4 Å². The third-order valence-electron chi connectivity index (χ3n) is 3.13. The van der Waals surface area contributed by atoms with Crippen LogP contribution in [0.25, 0.3) is 0 Å². The Morgan fingerprint density at radius 3 is 2.29 bits per heavy atom. The second kappa shape index (κ2) is 7.82. The third-order valence-corrected chi connectivity index (χ3v) is 3.13. The average Bonchev–Trinajstić information content (AvgIpc) is 2.65. The second-order valence-corrected chi connectivity index (χ2v) is 4.57. The molecule has 1 heterocycles. The summed E-state index contributed by atoms with van der Waals surface area (Å²) < 4.78 is 15.6. The number of aromatic nitrogens is 1. The number of hydrazone groups is 1. The first-order valence-corrected chi connectivity index (χ1v) is 6.95. The minimum Gasteiger partial charge on any atom is -0.493 e. The van der Waals surface area contributed by atoms with Gasteiger partial charge in [-0.25, -0.2) is 5.43 Å². The number of hydrogen-bond acceptors (Lipinski definition) is 6. The number of amidine groups is 1. The van der Waals surface area contributed by atoms with E-state index in [1.165, 1.54) is 33.5 Å². The fourth-order valence-electron chi connectivity index (χ4n) is 1.96. The lowest BCUT2D eigenvalue weighted by atomic mass is 10.1. The summed E-state index contributed by atoms with van der Waals surface area (Å²) in [6.45, 7) is 0. The van der Waals surface area contributed by atoms with Gasteiger partial charge in [-0.15, -0.1) is 0 Å². The van der Waals surface area contributed by atoms with Crippen LogP contribution in [0.4, 0.5) is 0 Å². The van der Waals surface area contributed by atoms with Crippen LogP contribution in [0.1, 0.15) is 16.1 Å². The summed E-state index contributed by atoms with van der Waals surface area (Å²) in [6.07, 6.45) is 1.58. The fraction of sp³-hybridized carbons (Fsp3) is 0.188. The highest BCUT2D eigenvalue weighted by Gasteiger charge is 2.16. The van der Waals surface area contributed by atoms with E-state index in [4.69, 9.17) is 19.9 Å². The molecule has 0 fully saturated rings. The zero-order valence-electron chi connectivity index (χ0n) is 13.6. The number of pyridine rings is 1. The van der Waals surface area contributed by atoms with E-state index in [2.05, 4.69) is 15.5 Å². The van der Waals surface area contributed by atoms with Crippen LogP contribution in [0.5, 0.6) is 17.2 Å². The number of carbonyl (C=O) groups is 1. The maximum Gasteiger partial charge on any atom is 0.271 e. The molecule has 0 spiro atoms. The molecule has 24 heavy (non-hydrogen) atoms. The SMILES string of the molecule is COc1cc(C(=O)N/N=C(\N)c2ccccn2)cc(OC)c1OC. The van der Waals surface area contributed by atoms with Gasteiger partial charge >= 0.3 is 0 Å². The van der Waals surface area contributed by atoms with Gasteiger partial charge in [0.2, 0.25) is 5.75 Å². The summed E-state index contributed by atoms with van der Waals surface area (Å²) in [5.74, 6) is 0.741. The van der Waals surface area contributed by atoms with Crippen molar-refractivity contribution in [3.05, 3.63) is 47.8 Å². The van der Waals surface area contributed by atoms with Gasteiger partial charge in [0.15, 0.2) is 17.3 Å². The fourth-order valence-corrected chi connectivity index (χ4v) is 1.96. The lowest BCUT2D eigenvalue weighted by molar-refractivity contribution is 0.0954. The van der Waals surface area contributed by atoms with Crippen LogP contribution in [-0.4, -0.2) is 38.1 Å². The van der Waals surface area contributed by atoms with Crippen LogP contribution in [0, 0.1) is 0 Å². The van der Waals surface area contributed by atoms with Crippen molar-refractivity contribution >= 4 is 11.7 Å². The standard InChI is InChI=1S/C16H18N4O4/c1-22-12-8-10(9-13(23-2)14(12)24-3)16(21)20-19-15(17)11-6-4-5-7-18-11/h4-9H,1-3H3,(H2,17,19)(H,20,21). The van der Waals surface area contributed by atoms with Gasteiger partial charge in [0, 0.05) is 11.8 Å². The molecule has 0 aliphatic rings. The van der Waals surface area contributed by atoms with Crippen molar-refractivity contribution in [3.63, 3.8) is 0 Å². The Hall–Kier alpha value is -3.29. The van der Waals surface area contributed by atoms with Gasteiger partial charge in [0.1, 0.15) is 5.69 Å². The zero-order valence-corrected chi connectivity index (χ0v) is 13.6. The lowest BCUT2D eigenvalue weighted by Gasteiger charge is -2.13. The Bertz CT molecular complexity index is 722. The first-order valence-electron chi connectivity index (χ1n) is 6.95. The molecule has 0 radical (unpaired) electrons. The van der Waals surface area contributed by atoms with Crippen LogP contribution >= 0.6 is 0 Å². The number of ether oxygens (including phenoxy) is 3. The van der Waals surface area contributed by atoms with Gasteiger partial charge in [-0.1, -0.05) is 6.07 Å². The lowest BCUT2D eigenvalue weighted by Crippen LogP contribution is -2.24. The van der Waals surface area contributed by atoms with Crippen molar-refractivity contribution < 1.29 is 19.0 Å². The molecule has 3 N–H and O–H groups in total. The summed E-state index contributed by atoms with van der Waals surface area (Å²) in [4.78, 5) is 16.3. The Kier molecular flexibility index (Phi) is 5.56. The van der Waals surface area contributed by atoms with Crippen LogP contribution in [0.15, 0.2) is 41.6 Å². The molecule has 8 heteroatoms. The molecule has 0 bridgehead atoms. The van der Waals surface area contributed by atoms with Crippen molar-refractivity contribution in [2.45, 2.75) is 0 Å². The van der Waals surface area contributed by atoms with E-state index in [0.717, 1.165) is 0 Å². The number of nitrogens with two attached hydrogens (primary N) is 1. The predicted molar refractivity (Wildman–Crippen MR) is 88.5 cm³/mol. The Labute approximate surface area is 139 Å². The molecule has 0 aliphatic carbocycles. The molecule has 2 aromatic rings. The Balaban J connectivity index is 2.24. The van der Waals surface area contributed by atoms with Crippen LogP contribution in [0.2, 0.25) is 0 Å². The number of methoxy groups -OCH3 is 3. The molecule has 0 unspecified atom stereocenters. The van der Waals surface area contributed by atoms with Gasteiger partial charge in [-0.2, -0.15) is 5.10 Å².